The zero-order valence-electron chi connectivity index (χ0n) is 9.48. The van der Waals surface area contributed by atoms with Crippen LogP contribution >= 0.6 is 0 Å². The second-order valence-corrected chi connectivity index (χ2v) is 3.63. The molecule has 6 nitrogen and oxygen atoms in total. The molecule has 0 radical (unpaired) electrons. The van der Waals surface area contributed by atoms with Gasteiger partial charge >= 0.3 is 0 Å². The number of nitrogens with zero attached hydrogens (tertiary/aromatic N) is 2. The van der Waals surface area contributed by atoms with Crippen LogP contribution in [-0.2, 0) is 4.79 Å². The normalized spacial score (nSPS) is 11.8. The third kappa shape index (κ3) is 2.54. The third-order valence-corrected chi connectivity index (χ3v) is 2.36. The Labute approximate surface area is 103 Å². The van der Waals surface area contributed by atoms with Gasteiger partial charge in [-0.3, -0.25) is 9.59 Å². The van der Waals surface area contributed by atoms with Crippen molar-refractivity contribution in [2.45, 2.75) is 6.17 Å². The van der Waals surface area contributed by atoms with Crippen LogP contribution in [0.1, 0.15) is 16.5 Å². The Morgan fingerprint density at radius 3 is 2.50 bits per heavy atom. The van der Waals surface area contributed by atoms with E-state index < -0.39 is 12.1 Å². The number of amides is 2. The number of nitrogens with one attached hydrogen (secondary N) is 1. The number of hydrogen-bond donors (Lipinski definition) is 2. The van der Waals surface area contributed by atoms with Crippen LogP contribution in [0, 0.1) is 0 Å². The Morgan fingerprint density at radius 2 is 1.94 bits per heavy atom. The first-order valence-corrected chi connectivity index (χ1v) is 5.33. The van der Waals surface area contributed by atoms with Gasteiger partial charge in [-0.25, -0.2) is 4.68 Å². The van der Waals surface area contributed by atoms with Gasteiger partial charge in [-0.05, 0) is 18.2 Å². The largest absolute Gasteiger partial charge is 0.366 e. The van der Waals surface area contributed by atoms with Gasteiger partial charge in [-0.2, -0.15) is 5.10 Å². The molecule has 0 aliphatic rings. The van der Waals surface area contributed by atoms with Crippen LogP contribution in [-0.4, -0.2) is 21.6 Å². The van der Waals surface area contributed by atoms with Gasteiger partial charge < -0.3 is 11.1 Å². The molecule has 0 bridgehead atoms. The maximum absolute atomic E-state index is 11.9. The highest BCUT2D eigenvalue weighted by Gasteiger charge is 2.20. The highest BCUT2D eigenvalue weighted by atomic mass is 16.2. The fourth-order valence-corrected chi connectivity index (χ4v) is 1.50. The maximum atomic E-state index is 11.9. The summed E-state index contributed by atoms with van der Waals surface area (Å²) < 4.78 is 1.29. The number of aromatic nitrogens is 2. The lowest BCUT2D eigenvalue weighted by Crippen LogP contribution is -2.41. The highest BCUT2D eigenvalue weighted by Crippen LogP contribution is 2.04. The van der Waals surface area contributed by atoms with Crippen molar-refractivity contribution in [1.82, 2.24) is 15.1 Å². The predicted molar refractivity (Wildman–Crippen MR) is 64.4 cm³/mol. The third-order valence-electron chi connectivity index (χ3n) is 2.36. The van der Waals surface area contributed by atoms with E-state index in [9.17, 15) is 9.59 Å². The first-order valence-electron chi connectivity index (χ1n) is 5.33. The zero-order chi connectivity index (χ0) is 13.0. The lowest BCUT2D eigenvalue weighted by Gasteiger charge is -2.15. The molecule has 2 amide bonds. The average molecular weight is 244 g/mol. The van der Waals surface area contributed by atoms with E-state index in [1.165, 1.54) is 10.9 Å². The van der Waals surface area contributed by atoms with E-state index in [-0.39, 0.29) is 5.91 Å². The van der Waals surface area contributed by atoms with E-state index in [0.29, 0.717) is 5.56 Å². The first-order chi connectivity index (χ1) is 8.68. The van der Waals surface area contributed by atoms with E-state index in [2.05, 4.69) is 10.4 Å². The molecular weight excluding hydrogens is 232 g/mol. The van der Waals surface area contributed by atoms with Gasteiger partial charge in [0.15, 0.2) is 0 Å². The van der Waals surface area contributed by atoms with Gasteiger partial charge in [0.25, 0.3) is 11.8 Å². The zero-order valence-corrected chi connectivity index (χ0v) is 9.48. The van der Waals surface area contributed by atoms with Crippen molar-refractivity contribution in [3.8, 4) is 0 Å². The van der Waals surface area contributed by atoms with Crippen LogP contribution in [0.25, 0.3) is 0 Å². The van der Waals surface area contributed by atoms with Crippen LogP contribution in [0.3, 0.4) is 0 Å². The lowest BCUT2D eigenvalue weighted by molar-refractivity contribution is -0.122. The maximum Gasteiger partial charge on any atom is 0.262 e. The minimum atomic E-state index is -0.993. The molecule has 1 unspecified atom stereocenters. The molecule has 0 aliphatic carbocycles. The molecule has 3 N–H and O–H groups in total. The molecule has 2 aromatic rings. The first kappa shape index (κ1) is 11.8. The smallest absolute Gasteiger partial charge is 0.262 e. The van der Waals surface area contributed by atoms with Crippen molar-refractivity contribution in [2.24, 2.45) is 5.73 Å². The number of rotatable bonds is 4. The Kier molecular flexibility index (Phi) is 3.38. The quantitative estimate of drug-likeness (QED) is 0.810. The minimum Gasteiger partial charge on any atom is -0.366 e. The van der Waals surface area contributed by atoms with Crippen LogP contribution < -0.4 is 11.1 Å². The summed E-state index contributed by atoms with van der Waals surface area (Å²) in [5, 5.41) is 6.41. The summed E-state index contributed by atoms with van der Waals surface area (Å²) in [6.45, 7) is 0. The lowest BCUT2D eigenvalue weighted by atomic mass is 10.2. The molecule has 0 saturated carbocycles. The SMILES string of the molecule is NC(=O)C(NC(=O)c1ccccc1)n1cccn1. The molecule has 18 heavy (non-hydrogen) atoms. The van der Waals surface area contributed by atoms with Crippen molar-refractivity contribution >= 4 is 11.8 Å². The molecule has 6 heteroatoms. The topological polar surface area (TPSA) is 90.0 Å². The number of primary amides is 1. The molecular formula is C12H12N4O2. The molecule has 92 valence electrons. The fourth-order valence-electron chi connectivity index (χ4n) is 1.50. The molecule has 1 atom stereocenters. The summed E-state index contributed by atoms with van der Waals surface area (Å²) >= 11 is 0. The monoisotopic (exact) mass is 244 g/mol. The van der Waals surface area contributed by atoms with Crippen LogP contribution in [0.2, 0.25) is 0 Å². The Bertz CT molecular complexity index is 536. The molecule has 2 rings (SSSR count). The summed E-state index contributed by atoms with van der Waals surface area (Å²) in [7, 11) is 0. The molecule has 1 heterocycles. The summed E-state index contributed by atoms with van der Waals surface area (Å²) in [5.74, 6) is -1.06. The van der Waals surface area contributed by atoms with Gasteiger partial charge in [-0.1, -0.05) is 18.2 Å². The summed E-state index contributed by atoms with van der Waals surface area (Å²) in [6, 6.07) is 10.2. The predicted octanol–water partition coefficient (Wildman–Crippen LogP) is 0.297. The van der Waals surface area contributed by atoms with Crippen LogP contribution in [0.15, 0.2) is 48.8 Å². The molecule has 0 spiro atoms. The Balaban J connectivity index is 2.16. The summed E-state index contributed by atoms with van der Waals surface area (Å²) in [4.78, 5) is 23.2. The van der Waals surface area contributed by atoms with Crippen LogP contribution in [0.4, 0.5) is 0 Å². The van der Waals surface area contributed by atoms with Crippen molar-refractivity contribution in [2.75, 3.05) is 0 Å². The van der Waals surface area contributed by atoms with Gasteiger partial charge in [-0.15, -0.1) is 0 Å². The molecule has 0 aliphatic heterocycles. The van der Waals surface area contributed by atoms with Crippen molar-refractivity contribution in [3.63, 3.8) is 0 Å². The fraction of sp³-hybridized carbons (Fsp3) is 0.0833. The number of hydrogen-bond acceptors (Lipinski definition) is 3. The molecule has 0 fully saturated rings. The van der Waals surface area contributed by atoms with Gasteiger partial charge in [0.1, 0.15) is 0 Å². The van der Waals surface area contributed by atoms with Gasteiger partial charge in [0, 0.05) is 18.0 Å². The van der Waals surface area contributed by atoms with E-state index >= 15 is 0 Å². The summed E-state index contributed by atoms with van der Waals surface area (Å²) in [5.41, 5.74) is 5.69. The molecule has 0 saturated heterocycles. The molecule has 1 aromatic carbocycles. The number of carbonyl (C=O) groups excluding carboxylic acids is 2. The second-order valence-electron chi connectivity index (χ2n) is 3.63. The second kappa shape index (κ2) is 5.13. The van der Waals surface area contributed by atoms with E-state index in [1.54, 1.807) is 42.6 Å². The highest BCUT2D eigenvalue weighted by molar-refractivity contribution is 5.96. The average Bonchev–Trinajstić information content (AvgIpc) is 2.90. The summed E-state index contributed by atoms with van der Waals surface area (Å²) in [6.07, 6.45) is 2.07. The van der Waals surface area contributed by atoms with Crippen molar-refractivity contribution in [3.05, 3.63) is 54.4 Å². The van der Waals surface area contributed by atoms with Crippen molar-refractivity contribution < 1.29 is 9.59 Å². The number of benzene rings is 1. The van der Waals surface area contributed by atoms with E-state index in [1.807, 2.05) is 0 Å². The van der Waals surface area contributed by atoms with Gasteiger partial charge in [0.2, 0.25) is 6.17 Å². The van der Waals surface area contributed by atoms with E-state index in [4.69, 9.17) is 5.73 Å². The number of nitrogens with two attached hydrogens (primary N) is 1. The Morgan fingerprint density at radius 1 is 1.22 bits per heavy atom. The van der Waals surface area contributed by atoms with Crippen LogP contribution in [0.5, 0.6) is 0 Å². The minimum absolute atomic E-state index is 0.380. The van der Waals surface area contributed by atoms with E-state index in [0.717, 1.165) is 0 Å². The number of carbonyl (C=O) groups is 2. The standard InChI is InChI=1S/C12H12N4O2/c13-10(17)11(16-8-4-7-14-16)15-12(18)9-5-2-1-3-6-9/h1-8,11H,(H2,13,17)(H,15,18). The van der Waals surface area contributed by atoms with Crippen molar-refractivity contribution in [1.29, 1.82) is 0 Å². The Hall–Kier alpha value is -2.63. The van der Waals surface area contributed by atoms with Gasteiger partial charge in [0.05, 0.1) is 0 Å². The molecule has 1 aromatic heterocycles.